The summed E-state index contributed by atoms with van der Waals surface area (Å²) in [5.41, 5.74) is 0.297. The highest BCUT2D eigenvalue weighted by molar-refractivity contribution is 5.39. The molecule has 0 aliphatic rings. The highest BCUT2D eigenvalue weighted by Crippen LogP contribution is 2.33. The van der Waals surface area contributed by atoms with Crippen molar-refractivity contribution in [3.05, 3.63) is 29.8 Å². The van der Waals surface area contributed by atoms with Crippen LogP contribution in [0.2, 0.25) is 0 Å². The van der Waals surface area contributed by atoms with E-state index in [1.165, 1.54) is 18.2 Å². The summed E-state index contributed by atoms with van der Waals surface area (Å²) in [4.78, 5) is 0. The van der Waals surface area contributed by atoms with E-state index in [9.17, 15) is 13.2 Å². The molecule has 2 nitrogen and oxygen atoms in total. The summed E-state index contributed by atoms with van der Waals surface area (Å²) in [5.74, 6) is -0.851. The molecule has 0 radical (unpaired) electrons. The molecule has 0 N–H and O–H groups in total. The molecule has 1 aromatic carbocycles. The van der Waals surface area contributed by atoms with Crippen molar-refractivity contribution in [3.63, 3.8) is 0 Å². The Balaban J connectivity index is 2.96. The standard InChI is InChI=1S/C13H14F3NO/c1-2-3-6-10(9-17)11-7-4-5-8-12(11)18-13(14,15)16/h4-5,7-8,10H,2-3,6H2,1H3. The van der Waals surface area contributed by atoms with E-state index < -0.39 is 12.3 Å². The topological polar surface area (TPSA) is 33.0 Å². The highest BCUT2D eigenvalue weighted by atomic mass is 19.4. The third-order valence-corrected chi connectivity index (χ3v) is 2.52. The maximum Gasteiger partial charge on any atom is 0.573 e. The molecule has 0 saturated carbocycles. The number of unbranched alkanes of at least 4 members (excludes halogenated alkanes) is 1. The minimum absolute atomic E-state index is 0.285. The predicted molar refractivity (Wildman–Crippen MR) is 61.0 cm³/mol. The Bertz CT molecular complexity index is 423. The van der Waals surface area contributed by atoms with Crippen LogP contribution in [-0.2, 0) is 0 Å². The number of hydrogen-bond donors (Lipinski definition) is 0. The quantitative estimate of drug-likeness (QED) is 0.784. The number of ether oxygens (including phenoxy) is 1. The van der Waals surface area contributed by atoms with Crippen LogP contribution in [0.5, 0.6) is 5.75 Å². The average Bonchev–Trinajstić information content (AvgIpc) is 2.30. The fourth-order valence-corrected chi connectivity index (χ4v) is 1.68. The Morgan fingerprint density at radius 3 is 2.56 bits per heavy atom. The Morgan fingerprint density at radius 1 is 1.33 bits per heavy atom. The first kappa shape index (κ1) is 14.4. The average molecular weight is 257 g/mol. The molecule has 0 aliphatic carbocycles. The van der Waals surface area contributed by atoms with Crippen molar-refractivity contribution < 1.29 is 17.9 Å². The Labute approximate surface area is 104 Å². The van der Waals surface area contributed by atoms with Crippen LogP contribution >= 0.6 is 0 Å². The molecule has 0 aliphatic heterocycles. The van der Waals surface area contributed by atoms with Crippen molar-refractivity contribution in [2.45, 2.75) is 38.5 Å². The van der Waals surface area contributed by atoms with Crippen molar-refractivity contribution in [2.75, 3.05) is 0 Å². The van der Waals surface area contributed by atoms with Crippen molar-refractivity contribution >= 4 is 0 Å². The molecule has 98 valence electrons. The van der Waals surface area contributed by atoms with Gasteiger partial charge in [-0.2, -0.15) is 5.26 Å². The molecule has 0 fully saturated rings. The predicted octanol–water partition coefficient (Wildman–Crippen LogP) is 4.38. The van der Waals surface area contributed by atoms with Crippen LogP contribution in [0.15, 0.2) is 24.3 Å². The molecule has 0 amide bonds. The highest BCUT2D eigenvalue weighted by Gasteiger charge is 2.32. The van der Waals surface area contributed by atoms with Gasteiger partial charge in [-0.05, 0) is 12.5 Å². The second-order valence-electron chi connectivity index (χ2n) is 3.91. The van der Waals surface area contributed by atoms with E-state index in [0.29, 0.717) is 12.0 Å². The van der Waals surface area contributed by atoms with Crippen LogP contribution in [0.25, 0.3) is 0 Å². The fourth-order valence-electron chi connectivity index (χ4n) is 1.68. The zero-order chi connectivity index (χ0) is 13.6. The van der Waals surface area contributed by atoms with Gasteiger partial charge in [0.25, 0.3) is 0 Å². The maximum atomic E-state index is 12.2. The van der Waals surface area contributed by atoms with Crippen LogP contribution in [0.3, 0.4) is 0 Å². The van der Waals surface area contributed by atoms with E-state index in [1.54, 1.807) is 6.07 Å². The number of benzene rings is 1. The van der Waals surface area contributed by atoms with Gasteiger partial charge in [-0.25, -0.2) is 0 Å². The van der Waals surface area contributed by atoms with Gasteiger partial charge in [-0.3, -0.25) is 0 Å². The van der Waals surface area contributed by atoms with Crippen molar-refractivity contribution in [3.8, 4) is 11.8 Å². The molecule has 1 aromatic rings. The third kappa shape index (κ3) is 4.28. The van der Waals surface area contributed by atoms with Gasteiger partial charge in [0.15, 0.2) is 0 Å². The van der Waals surface area contributed by atoms with E-state index in [0.717, 1.165) is 12.8 Å². The molecule has 1 atom stereocenters. The van der Waals surface area contributed by atoms with E-state index in [1.807, 2.05) is 13.0 Å². The normalized spacial score (nSPS) is 12.8. The molecular formula is C13H14F3NO. The Morgan fingerprint density at radius 2 is 2.00 bits per heavy atom. The minimum Gasteiger partial charge on any atom is -0.405 e. The van der Waals surface area contributed by atoms with Crippen LogP contribution in [0, 0.1) is 11.3 Å². The van der Waals surface area contributed by atoms with E-state index in [4.69, 9.17) is 5.26 Å². The van der Waals surface area contributed by atoms with Gasteiger partial charge in [0.2, 0.25) is 0 Å². The molecule has 5 heteroatoms. The number of rotatable bonds is 5. The summed E-state index contributed by atoms with van der Waals surface area (Å²) in [5, 5.41) is 9.04. The van der Waals surface area contributed by atoms with Crippen LogP contribution in [0.1, 0.15) is 37.7 Å². The summed E-state index contributed by atoms with van der Waals surface area (Å²) in [6.45, 7) is 1.96. The van der Waals surface area contributed by atoms with Crippen molar-refractivity contribution in [2.24, 2.45) is 0 Å². The number of para-hydroxylation sites is 1. The first-order valence-corrected chi connectivity index (χ1v) is 5.72. The number of halogens is 3. The lowest BCUT2D eigenvalue weighted by Gasteiger charge is -2.16. The van der Waals surface area contributed by atoms with Gasteiger partial charge in [0.1, 0.15) is 5.75 Å². The molecule has 0 aromatic heterocycles. The molecular weight excluding hydrogens is 243 g/mol. The van der Waals surface area contributed by atoms with Crippen molar-refractivity contribution in [1.29, 1.82) is 5.26 Å². The van der Waals surface area contributed by atoms with E-state index in [2.05, 4.69) is 4.74 Å². The van der Waals surface area contributed by atoms with Gasteiger partial charge < -0.3 is 4.74 Å². The Hall–Kier alpha value is -1.70. The summed E-state index contributed by atoms with van der Waals surface area (Å²) in [6, 6.07) is 7.83. The number of nitrogens with zero attached hydrogens (tertiary/aromatic N) is 1. The van der Waals surface area contributed by atoms with E-state index >= 15 is 0 Å². The van der Waals surface area contributed by atoms with Crippen molar-refractivity contribution in [1.82, 2.24) is 0 Å². The van der Waals surface area contributed by atoms with E-state index in [-0.39, 0.29) is 5.75 Å². The number of nitriles is 1. The zero-order valence-corrected chi connectivity index (χ0v) is 10.00. The summed E-state index contributed by atoms with van der Waals surface area (Å²) < 4.78 is 40.7. The second-order valence-corrected chi connectivity index (χ2v) is 3.91. The molecule has 0 bridgehead atoms. The molecule has 0 saturated heterocycles. The number of alkyl halides is 3. The van der Waals surface area contributed by atoms with Gasteiger partial charge in [0.05, 0.1) is 12.0 Å². The molecule has 18 heavy (non-hydrogen) atoms. The van der Waals surface area contributed by atoms with Gasteiger partial charge in [-0.15, -0.1) is 13.2 Å². The lowest BCUT2D eigenvalue weighted by molar-refractivity contribution is -0.274. The Kier molecular flexibility index (Phi) is 5.02. The number of hydrogen-bond acceptors (Lipinski definition) is 2. The lowest BCUT2D eigenvalue weighted by atomic mass is 9.94. The smallest absolute Gasteiger partial charge is 0.405 e. The zero-order valence-electron chi connectivity index (χ0n) is 10.00. The fraction of sp³-hybridized carbons (Fsp3) is 0.462. The van der Waals surface area contributed by atoms with Gasteiger partial charge in [-0.1, -0.05) is 38.0 Å². The molecule has 1 rings (SSSR count). The SMILES string of the molecule is CCCCC(C#N)c1ccccc1OC(F)(F)F. The van der Waals surface area contributed by atoms with Crippen LogP contribution in [0.4, 0.5) is 13.2 Å². The summed E-state index contributed by atoms with van der Waals surface area (Å²) in [7, 11) is 0. The molecule has 0 spiro atoms. The lowest BCUT2D eigenvalue weighted by Crippen LogP contribution is -2.18. The first-order valence-electron chi connectivity index (χ1n) is 5.72. The molecule has 0 heterocycles. The first-order chi connectivity index (χ1) is 8.48. The van der Waals surface area contributed by atoms with Crippen LogP contribution < -0.4 is 4.74 Å². The minimum atomic E-state index is -4.74. The maximum absolute atomic E-state index is 12.2. The summed E-state index contributed by atoms with van der Waals surface area (Å²) in [6.07, 6.45) is -2.52. The third-order valence-electron chi connectivity index (χ3n) is 2.52. The largest absolute Gasteiger partial charge is 0.573 e. The molecule has 1 unspecified atom stereocenters. The second kappa shape index (κ2) is 6.29. The van der Waals surface area contributed by atoms with Crippen LogP contribution in [-0.4, -0.2) is 6.36 Å². The van der Waals surface area contributed by atoms with Gasteiger partial charge in [0, 0.05) is 5.56 Å². The van der Waals surface area contributed by atoms with Gasteiger partial charge >= 0.3 is 6.36 Å². The summed E-state index contributed by atoms with van der Waals surface area (Å²) >= 11 is 0. The monoisotopic (exact) mass is 257 g/mol.